The number of aliphatic hydroxyl groups excluding tert-OH is 1. The lowest BCUT2D eigenvalue weighted by molar-refractivity contribution is -0.275. The van der Waals surface area contributed by atoms with Gasteiger partial charge >= 0.3 is 0 Å². The third kappa shape index (κ3) is 5.32. The fraction of sp³-hybridized carbons (Fsp3) is 0.417. The number of benzene rings is 2. The topological polar surface area (TPSA) is 68.0 Å². The molecule has 1 fully saturated rings. The van der Waals surface area contributed by atoms with Crippen LogP contribution in [-0.4, -0.2) is 36.2 Å². The van der Waals surface area contributed by atoms with Crippen molar-refractivity contribution in [1.29, 1.82) is 0 Å². The molecule has 2 aromatic rings. The van der Waals surface area contributed by atoms with Gasteiger partial charge in [-0.1, -0.05) is 61.5 Å². The van der Waals surface area contributed by atoms with Crippen molar-refractivity contribution in [3.8, 4) is 0 Å². The van der Waals surface area contributed by atoms with Crippen molar-refractivity contribution in [3.05, 3.63) is 83.4 Å². The molecule has 5 heteroatoms. The minimum atomic E-state index is -0.442. The van der Waals surface area contributed by atoms with Gasteiger partial charge in [-0.15, -0.1) is 6.58 Å². The van der Waals surface area contributed by atoms with Gasteiger partial charge in [0.25, 0.3) is 0 Å². The van der Waals surface area contributed by atoms with Gasteiger partial charge in [-0.3, -0.25) is 0 Å². The fourth-order valence-electron chi connectivity index (χ4n) is 3.74. The highest BCUT2D eigenvalue weighted by Crippen LogP contribution is 2.41. The molecule has 0 aromatic heterocycles. The summed E-state index contributed by atoms with van der Waals surface area (Å²) in [4.78, 5) is 2.21. The Morgan fingerprint density at radius 2 is 1.66 bits per heavy atom. The van der Waals surface area contributed by atoms with E-state index < -0.39 is 6.29 Å². The average Bonchev–Trinajstić information content (AvgIpc) is 2.75. The zero-order chi connectivity index (χ0) is 20.8. The van der Waals surface area contributed by atoms with Gasteiger partial charge in [0.15, 0.2) is 6.29 Å². The molecule has 4 unspecified atom stereocenters. The van der Waals surface area contributed by atoms with E-state index in [2.05, 4.69) is 25.5 Å². The van der Waals surface area contributed by atoms with Gasteiger partial charge in [0.2, 0.25) is 0 Å². The molecule has 0 saturated carbocycles. The molecule has 29 heavy (non-hydrogen) atoms. The molecule has 3 N–H and O–H groups in total. The quantitative estimate of drug-likeness (QED) is 0.668. The smallest absolute Gasteiger partial charge is 0.184 e. The lowest BCUT2D eigenvalue weighted by atomic mass is 9.90. The van der Waals surface area contributed by atoms with Crippen LogP contribution in [0.25, 0.3) is 0 Å². The lowest BCUT2D eigenvalue weighted by Gasteiger charge is -2.42. The number of hydrogen-bond donors (Lipinski definition) is 2. The molecule has 156 valence electrons. The second kappa shape index (κ2) is 10.1. The van der Waals surface area contributed by atoms with E-state index in [9.17, 15) is 5.11 Å². The first kappa shape index (κ1) is 21.7. The highest BCUT2D eigenvalue weighted by atomic mass is 16.7. The molecular formula is C24H32N2O3. The maximum absolute atomic E-state index is 9.34. The number of hydrogen-bond acceptors (Lipinski definition) is 5. The third-order valence-electron chi connectivity index (χ3n) is 5.54. The monoisotopic (exact) mass is 396 g/mol. The first-order valence-corrected chi connectivity index (χ1v) is 10.1. The molecule has 0 bridgehead atoms. The molecule has 1 heterocycles. The molecule has 0 amide bonds. The van der Waals surface area contributed by atoms with Crippen molar-refractivity contribution in [2.45, 2.75) is 38.6 Å². The van der Waals surface area contributed by atoms with Gasteiger partial charge in [0, 0.05) is 31.1 Å². The third-order valence-corrected chi connectivity index (χ3v) is 5.54. The Morgan fingerprint density at radius 1 is 1.03 bits per heavy atom. The molecule has 2 aromatic carbocycles. The Morgan fingerprint density at radius 3 is 2.24 bits per heavy atom. The van der Waals surface area contributed by atoms with E-state index in [-0.39, 0.29) is 24.7 Å². The fourth-order valence-corrected chi connectivity index (χ4v) is 3.74. The normalized spacial score (nSPS) is 24.6. The molecule has 1 aliphatic heterocycles. The number of nitrogens with zero attached hydrogens (tertiary/aromatic N) is 1. The molecule has 5 nitrogen and oxygen atoms in total. The Kier molecular flexibility index (Phi) is 7.58. The minimum absolute atomic E-state index is 0.00963. The highest BCUT2D eigenvalue weighted by Gasteiger charge is 2.38. The Hall–Kier alpha value is -2.02. The Labute approximate surface area is 173 Å². The molecule has 4 atom stereocenters. The summed E-state index contributed by atoms with van der Waals surface area (Å²) in [5, 5.41) is 9.34. The van der Waals surface area contributed by atoms with Crippen molar-refractivity contribution in [3.63, 3.8) is 0 Å². The summed E-state index contributed by atoms with van der Waals surface area (Å²) < 4.78 is 12.8. The van der Waals surface area contributed by atoms with Gasteiger partial charge in [-0.25, -0.2) is 0 Å². The number of rotatable bonds is 8. The molecule has 0 spiro atoms. The predicted octanol–water partition coefficient (Wildman–Crippen LogP) is 3.55. The number of nitrogens with two attached hydrogens (primary N) is 1. The van der Waals surface area contributed by atoms with E-state index in [1.54, 1.807) is 0 Å². The molecular weight excluding hydrogens is 364 g/mol. The van der Waals surface area contributed by atoms with Crippen molar-refractivity contribution in [2.24, 2.45) is 11.7 Å². The molecule has 3 rings (SSSR count). The summed E-state index contributed by atoms with van der Waals surface area (Å²) in [7, 11) is 2.07. The van der Waals surface area contributed by atoms with Crippen molar-refractivity contribution < 1.29 is 14.6 Å². The van der Waals surface area contributed by atoms with Gasteiger partial charge in [0.05, 0.1) is 18.8 Å². The van der Waals surface area contributed by atoms with Gasteiger partial charge in [-0.05, 0) is 23.7 Å². The van der Waals surface area contributed by atoms with Crippen LogP contribution in [0.15, 0.2) is 61.2 Å². The number of aliphatic hydroxyl groups is 1. The van der Waals surface area contributed by atoms with E-state index in [1.807, 2.05) is 54.6 Å². The van der Waals surface area contributed by atoms with Crippen LogP contribution < -0.4 is 5.73 Å². The van der Waals surface area contributed by atoms with E-state index >= 15 is 0 Å². The number of likely N-dealkylation sites (N-methyl/N-ethyl adjacent to an activating group) is 1. The maximum atomic E-state index is 9.34. The van der Waals surface area contributed by atoms with Gasteiger partial charge in [0.1, 0.15) is 0 Å². The van der Waals surface area contributed by atoms with Gasteiger partial charge < -0.3 is 25.2 Å². The van der Waals surface area contributed by atoms with Crippen LogP contribution in [0.3, 0.4) is 0 Å². The molecule has 0 aliphatic carbocycles. The predicted molar refractivity (Wildman–Crippen MR) is 115 cm³/mol. The zero-order valence-corrected chi connectivity index (χ0v) is 17.3. The average molecular weight is 397 g/mol. The van der Waals surface area contributed by atoms with Crippen molar-refractivity contribution in [1.82, 2.24) is 4.90 Å². The largest absolute Gasteiger partial charge is 0.392 e. The molecule has 1 saturated heterocycles. The van der Waals surface area contributed by atoms with Crippen molar-refractivity contribution >= 4 is 0 Å². The first-order valence-electron chi connectivity index (χ1n) is 10.1. The lowest BCUT2D eigenvalue weighted by Crippen LogP contribution is -2.43. The minimum Gasteiger partial charge on any atom is -0.392 e. The zero-order valence-electron chi connectivity index (χ0n) is 17.3. The van der Waals surface area contributed by atoms with Crippen molar-refractivity contribution in [2.75, 3.05) is 20.1 Å². The van der Waals surface area contributed by atoms with E-state index in [0.717, 1.165) is 35.3 Å². The van der Waals surface area contributed by atoms with Crippen LogP contribution in [0.4, 0.5) is 0 Å². The SMILES string of the molecule is C=CCN(C)CC1OC(c2ccc(CN)cc2)OC(c2ccc(CO)cc2)C1C. The number of ether oxygens (including phenoxy) is 2. The summed E-state index contributed by atoms with van der Waals surface area (Å²) >= 11 is 0. The van der Waals surface area contributed by atoms with Crippen LogP contribution in [0.2, 0.25) is 0 Å². The summed E-state index contributed by atoms with van der Waals surface area (Å²) in [5.41, 5.74) is 9.79. The molecule has 0 radical (unpaired) electrons. The second-order valence-corrected chi connectivity index (χ2v) is 7.78. The summed E-state index contributed by atoms with van der Waals surface area (Å²) in [6.07, 6.45) is 1.37. The first-order chi connectivity index (χ1) is 14.0. The van der Waals surface area contributed by atoms with Crippen LogP contribution in [0.5, 0.6) is 0 Å². The van der Waals surface area contributed by atoms with E-state index in [0.29, 0.717) is 6.54 Å². The Bertz CT molecular complexity index is 776. The van der Waals surface area contributed by atoms with Crippen LogP contribution in [-0.2, 0) is 22.6 Å². The van der Waals surface area contributed by atoms with Gasteiger partial charge in [-0.2, -0.15) is 0 Å². The highest BCUT2D eigenvalue weighted by molar-refractivity contribution is 5.26. The van der Waals surface area contributed by atoms with Crippen LogP contribution in [0, 0.1) is 5.92 Å². The van der Waals surface area contributed by atoms with Crippen LogP contribution in [0.1, 0.15) is 41.6 Å². The van der Waals surface area contributed by atoms with E-state index in [1.165, 1.54) is 0 Å². The van der Waals surface area contributed by atoms with Crippen LogP contribution >= 0.6 is 0 Å². The maximum Gasteiger partial charge on any atom is 0.184 e. The molecule has 1 aliphatic rings. The standard InChI is InChI=1S/C24H32N2O3/c1-4-13-26(3)15-22-17(2)23(20-9-7-19(16-27)8-10-20)29-24(28-22)21-11-5-18(14-25)6-12-21/h4-12,17,22-24,27H,1,13-16,25H2,2-3H3. The Balaban J connectivity index is 1.87. The summed E-state index contributed by atoms with van der Waals surface area (Å²) in [5.74, 6) is 0.168. The van der Waals surface area contributed by atoms with E-state index in [4.69, 9.17) is 15.2 Å². The summed E-state index contributed by atoms with van der Waals surface area (Å²) in [6.45, 7) is 8.15. The second-order valence-electron chi connectivity index (χ2n) is 7.78. The summed E-state index contributed by atoms with van der Waals surface area (Å²) in [6, 6.07) is 16.1.